The van der Waals surface area contributed by atoms with Crippen molar-refractivity contribution in [2.24, 2.45) is 0 Å². The van der Waals surface area contributed by atoms with E-state index in [9.17, 15) is 0 Å². The average molecular weight is 244 g/mol. The van der Waals surface area contributed by atoms with E-state index in [-0.39, 0.29) is 0 Å². The van der Waals surface area contributed by atoms with Gasteiger partial charge in [0.05, 0.1) is 12.5 Å². The Morgan fingerprint density at radius 1 is 1.62 bits per heavy atom. The van der Waals surface area contributed by atoms with Crippen LogP contribution in [0.2, 0.25) is 0 Å². The lowest BCUT2D eigenvalue weighted by Gasteiger charge is -2.23. The number of halogens is 1. The predicted octanol–water partition coefficient (Wildman–Crippen LogP) is 1.79. The SMILES string of the molecule is Brc1cncn1CC1CCCCN1. The number of hydrogen-bond donors (Lipinski definition) is 1. The lowest BCUT2D eigenvalue weighted by Crippen LogP contribution is -2.37. The van der Waals surface area contributed by atoms with Crippen LogP contribution in [0.3, 0.4) is 0 Å². The van der Waals surface area contributed by atoms with Crippen molar-refractivity contribution in [3.8, 4) is 0 Å². The molecule has 0 aliphatic carbocycles. The Labute approximate surface area is 86.7 Å². The van der Waals surface area contributed by atoms with Crippen LogP contribution in [0.5, 0.6) is 0 Å². The summed E-state index contributed by atoms with van der Waals surface area (Å²) in [7, 11) is 0. The zero-order chi connectivity index (χ0) is 9.10. The first-order chi connectivity index (χ1) is 6.36. The van der Waals surface area contributed by atoms with Crippen LogP contribution in [-0.2, 0) is 6.54 Å². The highest BCUT2D eigenvalue weighted by Gasteiger charge is 2.13. The molecule has 3 nitrogen and oxygen atoms in total. The number of piperidine rings is 1. The summed E-state index contributed by atoms with van der Waals surface area (Å²) < 4.78 is 3.21. The summed E-state index contributed by atoms with van der Waals surface area (Å²) in [5, 5.41) is 3.52. The maximum Gasteiger partial charge on any atom is 0.104 e. The van der Waals surface area contributed by atoms with Crippen LogP contribution in [0.15, 0.2) is 17.1 Å². The minimum absolute atomic E-state index is 0.624. The van der Waals surface area contributed by atoms with E-state index < -0.39 is 0 Å². The van der Waals surface area contributed by atoms with E-state index in [0.717, 1.165) is 17.7 Å². The van der Waals surface area contributed by atoms with Gasteiger partial charge in [0.2, 0.25) is 0 Å². The number of hydrogen-bond acceptors (Lipinski definition) is 2. The van der Waals surface area contributed by atoms with Crippen molar-refractivity contribution in [2.75, 3.05) is 6.54 Å². The van der Waals surface area contributed by atoms with Crippen LogP contribution >= 0.6 is 15.9 Å². The van der Waals surface area contributed by atoms with Gasteiger partial charge in [0, 0.05) is 12.6 Å². The molecule has 13 heavy (non-hydrogen) atoms. The van der Waals surface area contributed by atoms with Gasteiger partial charge in [-0.05, 0) is 35.3 Å². The maximum atomic E-state index is 4.08. The van der Waals surface area contributed by atoms with Crippen LogP contribution in [0, 0.1) is 0 Å². The maximum absolute atomic E-state index is 4.08. The van der Waals surface area contributed by atoms with Crippen molar-refractivity contribution >= 4 is 15.9 Å². The molecule has 1 atom stereocenters. The van der Waals surface area contributed by atoms with Crippen molar-refractivity contribution in [3.63, 3.8) is 0 Å². The molecule has 1 aromatic heterocycles. The summed E-state index contributed by atoms with van der Waals surface area (Å²) in [6.45, 7) is 2.19. The quantitative estimate of drug-likeness (QED) is 0.859. The average Bonchev–Trinajstić information content (AvgIpc) is 2.54. The Morgan fingerprint density at radius 3 is 3.15 bits per heavy atom. The normalized spacial score (nSPS) is 23.3. The van der Waals surface area contributed by atoms with E-state index in [1.807, 2.05) is 12.5 Å². The van der Waals surface area contributed by atoms with Gasteiger partial charge < -0.3 is 9.88 Å². The van der Waals surface area contributed by atoms with E-state index in [4.69, 9.17) is 0 Å². The molecule has 2 heterocycles. The van der Waals surface area contributed by atoms with Gasteiger partial charge in [0.15, 0.2) is 0 Å². The lowest BCUT2D eigenvalue weighted by atomic mass is 10.1. The highest BCUT2D eigenvalue weighted by Crippen LogP contribution is 2.13. The van der Waals surface area contributed by atoms with Crippen LogP contribution in [0.1, 0.15) is 19.3 Å². The van der Waals surface area contributed by atoms with Gasteiger partial charge in [-0.1, -0.05) is 6.42 Å². The Morgan fingerprint density at radius 2 is 2.54 bits per heavy atom. The molecule has 0 bridgehead atoms. The summed E-state index contributed by atoms with van der Waals surface area (Å²) in [5.74, 6) is 0. The zero-order valence-corrected chi connectivity index (χ0v) is 9.13. The summed E-state index contributed by atoms with van der Waals surface area (Å²) >= 11 is 3.47. The molecule has 0 amide bonds. The molecule has 1 aliphatic heterocycles. The van der Waals surface area contributed by atoms with Crippen molar-refractivity contribution in [3.05, 3.63) is 17.1 Å². The molecular weight excluding hydrogens is 230 g/mol. The van der Waals surface area contributed by atoms with Crippen LogP contribution in [-0.4, -0.2) is 22.1 Å². The lowest BCUT2D eigenvalue weighted by molar-refractivity contribution is 0.361. The van der Waals surface area contributed by atoms with Crippen LogP contribution in [0.25, 0.3) is 0 Å². The minimum atomic E-state index is 0.624. The molecule has 0 spiro atoms. The second-order valence-electron chi connectivity index (χ2n) is 3.52. The molecule has 1 aliphatic rings. The van der Waals surface area contributed by atoms with Crippen molar-refractivity contribution < 1.29 is 0 Å². The summed E-state index contributed by atoms with van der Waals surface area (Å²) in [4.78, 5) is 4.08. The van der Waals surface area contributed by atoms with E-state index in [2.05, 4.69) is 30.8 Å². The number of nitrogens with one attached hydrogen (secondary N) is 1. The second kappa shape index (κ2) is 4.24. The number of nitrogens with zero attached hydrogens (tertiary/aromatic N) is 2. The molecule has 1 N–H and O–H groups in total. The van der Waals surface area contributed by atoms with Crippen molar-refractivity contribution in [2.45, 2.75) is 31.8 Å². The van der Waals surface area contributed by atoms with Crippen molar-refractivity contribution in [1.82, 2.24) is 14.9 Å². The van der Waals surface area contributed by atoms with Gasteiger partial charge in [-0.3, -0.25) is 0 Å². The first-order valence-electron chi connectivity index (χ1n) is 4.75. The molecule has 0 radical (unpaired) electrons. The molecule has 0 saturated carbocycles. The van der Waals surface area contributed by atoms with Crippen LogP contribution in [0.4, 0.5) is 0 Å². The third kappa shape index (κ3) is 2.31. The molecule has 1 fully saturated rings. The smallest absolute Gasteiger partial charge is 0.104 e. The summed E-state index contributed by atoms with van der Waals surface area (Å²) in [6, 6.07) is 0.624. The largest absolute Gasteiger partial charge is 0.324 e. The fourth-order valence-electron chi connectivity index (χ4n) is 1.76. The molecule has 0 aromatic carbocycles. The summed E-state index contributed by atoms with van der Waals surface area (Å²) in [6.07, 6.45) is 7.67. The van der Waals surface area contributed by atoms with Gasteiger partial charge in [0.1, 0.15) is 4.60 Å². The molecule has 72 valence electrons. The van der Waals surface area contributed by atoms with E-state index >= 15 is 0 Å². The fraction of sp³-hybridized carbons (Fsp3) is 0.667. The molecule has 1 saturated heterocycles. The first-order valence-corrected chi connectivity index (χ1v) is 5.54. The second-order valence-corrected chi connectivity index (χ2v) is 4.33. The molecule has 1 aromatic rings. The number of imidazole rings is 1. The topological polar surface area (TPSA) is 29.9 Å². The fourth-order valence-corrected chi connectivity index (χ4v) is 2.11. The van der Waals surface area contributed by atoms with Crippen LogP contribution < -0.4 is 5.32 Å². The van der Waals surface area contributed by atoms with Gasteiger partial charge in [-0.25, -0.2) is 4.98 Å². The Kier molecular flexibility index (Phi) is 3.01. The summed E-state index contributed by atoms with van der Waals surface area (Å²) in [5.41, 5.74) is 0. The zero-order valence-electron chi connectivity index (χ0n) is 7.54. The van der Waals surface area contributed by atoms with E-state index in [1.54, 1.807) is 0 Å². The predicted molar refractivity (Wildman–Crippen MR) is 55.6 cm³/mol. The Bertz CT molecular complexity index is 266. The minimum Gasteiger partial charge on any atom is -0.324 e. The molecular formula is C9H14BrN3. The van der Waals surface area contributed by atoms with Gasteiger partial charge in [-0.15, -0.1) is 0 Å². The highest BCUT2D eigenvalue weighted by molar-refractivity contribution is 9.10. The van der Waals surface area contributed by atoms with E-state index in [0.29, 0.717) is 6.04 Å². The number of rotatable bonds is 2. The standard InChI is InChI=1S/C9H14BrN3/c10-9-5-11-7-13(9)6-8-3-1-2-4-12-8/h5,7-8,12H,1-4,6H2. The van der Waals surface area contributed by atoms with Gasteiger partial charge in [-0.2, -0.15) is 0 Å². The third-order valence-electron chi connectivity index (χ3n) is 2.49. The van der Waals surface area contributed by atoms with Gasteiger partial charge >= 0.3 is 0 Å². The van der Waals surface area contributed by atoms with E-state index in [1.165, 1.54) is 19.3 Å². The Hall–Kier alpha value is -0.350. The first kappa shape index (κ1) is 9.21. The van der Waals surface area contributed by atoms with Crippen molar-refractivity contribution in [1.29, 1.82) is 0 Å². The monoisotopic (exact) mass is 243 g/mol. The number of aromatic nitrogens is 2. The third-order valence-corrected chi connectivity index (χ3v) is 3.15. The molecule has 1 unspecified atom stereocenters. The molecule has 4 heteroatoms. The van der Waals surface area contributed by atoms with Gasteiger partial charge in [0.25, 0.3) is 0 Å². The highest BCUT2D eigenvalue weighted by atomic mass is 79.9. The Balaban J connectivity index is 1.93. The molecule has 2 rings (SSSR count).